The first-order valence-corrected chi connectivity index (χ1v) is 7.42. The molecule has 1 aromatic rings. The summed E-state index contributed by atoms with van der Waals surface area (Å²) in [6.45, 7) is 4.20. The average molecular weight is 249 g/mol. The molecule has 4 heteroatoms. The van der Waals surface area contributed by atoms with E-state index in [2.05, 4.69) is 22.0 Å². The standard InChI is InChI=1S/C14H23N3O/c1-2-5-13-15-14(18-16-13)10-17-9-4-7-11-6-3-8-12(11)17/h11-12H,2-10H2,1H3/t11-,12+/m1/s1. The molecule has 0 radical (unpaired) electrons. The van der Waals surface area contributed by atoms with Crippen LogP contribution < -0.4 is 0 Å². The zero-order chi connectivity index (χ0) is 12.4. The zero-order valence-corrected chi connectivity index (χ0v) is 11.3. The van der Waals surface area contributed by atoms with Gasteiger partial charge in [0.2, 0.25) is 5.89 Å². The van der Waals surface area contributed by atoms with Crippen LogP contribution in [0.4, 0.5) is 0 Å². The van der Waals surface area contributed by atoms with Crippen LogP contribution in [0.2, 0.25) is 0 Å². The molecule has 2 aliphatic rings. The molecule has 1 aromatic heterocycles. The van der Waals surface area contributed by atoms with Crippen molar-refractivity contribution < 1.29 is 4.52 Å². The van der Waals surface area contributed by atoms with Crippen LogP contribution in [-0.4, -0.2) is 27.6 Å². The lowest BCUT2D eigenvalue weighted by Gasteiger charge is -2.36. The highest BCUT2D eigenvalue weighted by molar-refractivity contribution is 4.92. The fourth-order valence-corrected chi connectivity index (χ4v) is 3.61. The number of hydrogen-bond acceptors (Lipinski definition) is 4. The van der Waals surface area contributed by atoms with Gasteiger partial charge in [0.05, 0.1) is 6.54 Å². The van der Waals surface area contributed by atoms with E-state index in [4.69, 9.17) is 4.52 Å². The Balaban J connectivity index is 1.63. The maximum atomic E-state index is 5.37. The van der Waals surface area contributed by atoms with Gasteiger partial charge in [-0.1, -0.05) is 18.5 Å². The molecule has 0 amide bonds. The SMILES string of the molecule is CCCc1noc(CN2CCC[C@H]3CCC[C@@H]32)n1. The van der Waals surface area contributed by atoms with E-state index in [-0.39, 0.29) is 0 Å². The number of rotatable bonds is 4. The van der Waals surface area contributed by atoms with E-state index in [9.17, 15) is 0 Å². The van der Waals surface area contributed by atoms with E-state index in [1.807, 2.05) is 0 Å². The summed E-state index contributed by atoms with van der Waals surface area (Å²) in [6, 6.07) is 0.778. The van der Waals surface area contributed by atoms with E-state index in [1.165, 1.54) is 38.6 Å². The molecule has 1 aliphatic carbocycles. The van der Waals surface area contributed by atoms with Gasteiger partial charge in [-0.3, -0.25) is 4.90 Å². The quantitative estimate of drug-likeness (QED) is 0.823. The molecule has 2 fully saturated rings. The Kier molecular flexibility index (Phi) is 3.64. The number of piperidine rings is 1. The Hall–Kier alpha value is -0.900. The van der Waals surface area contributed by atoms with Crippen molar-refractivity contribution in [2.45, 2.75) is 64.5 Å². The first-order chi connectivity index (χ1) is 8.86. The first-order valence-electron chi connectivity index (χ1n) is 7.42. The van der Waals surface area contributed by atoms with Gasteiger partial charge in [0, 0.05) is 12.5 Å². The topological polar surface area (TPSA) is 42.2 Å². The van der Waals surface area contributed by atoms with E-state index >= 15 is 0 Å². The monoisotopic (exact) mass is 249 g/mol. The summed E-state index contributed by atoms with van der Waals surface area (Å²) in [5, 5.41) is 4.04. The van der Waals surface area contributed by atoms with E-state index in [0.717, 1.165) is 43.1 Å². The van der Waals surface area contributed by atoms with Gasteiger partial charge in [-0.05, 0) is 44.6 Å². The third-order valence-corrected chi connectivity index (χ3v) is 4.43. The summed E-state index contributed by atoms with van der Waals surface area (Å²) in [4.78, 5) is 7.06. The Bertz CT molecular complexity index is 390. The van der Waals surface area contributed by atoms with Gasteiger partial charge in [0.25, 0.3) is 0 Å². The average Bonchev–Trinajstić information content (AvgIpc) is 2.99. The molecule has 2 atom stereocenters. The minimum Gasteiger partial charge on any atom is -0.338 e. The maximum Gasteiger partial charge on any atom is 0.240 e. The predicted molar refractivity (Wildman–Crippen MR) is 69.1 cm³/mol. The maximum absolute atomic E-state index is 5.37. The van der Waals surface area contributed by atoms with Crippen molar-refractivity contribution in [1.29, 1.82) is 0 Å². The van der Waals surface area contributed by atoms with Gasteiger partial charge in [-0.25, -0.2) is 0 Å². The molecule has 0 bridgehead atoms. The smallest absolute Gasteiger partial charge is 0.240 e. The lowest BCUT2D eigenvalue weighted by Crippen LogP contribution is -2.41. The third kappa shape index (κ3) is 2.44. The van der Waals surface area contributed by atoms with Crippen LogP contribution in [0.25, 0.3) is 0 Å². The summed E-state index contributed by atoms with van der Waals surface area (Å²) in [6.07, 6.45) is 8.94. The third-order valence-electron chi connectivity index (χ3n) is 4.43. The molecule has 0 spiro atoms. The second kappa shape index (κ2) is 5.39. The number of nitrogens with zero attached hydrogens (tertiary/aromatic N) is 3. The van der Waals surface area contributed by atoms with Crippen LogP contribution in [0.3, 0.4) is 0 Å². The summed E-state index contributed by atoms with van der Waals surface area (Å²) in [5.74, 6) is 2.61. The Morgan fingerprint density at radius 3 is 3.06 bits per heavy atom. The van der Waals surface area contributed by atoms with Crippen LogP contribution in [0.5, 0.6) is 0 Å². The second-order valence-electron chi connectivity index (χ2n) is 5.73. The van der Waals surface area contributed by atoms with Crippen LogP contribution in [0.1, 0.15) is 57.2 Å². The number of aryl methyl sites for hydroxylation is 1. The lowest BCUT2D eigenvalue weighted by atomic mass is 9.92. The normalized spacial score (nSPS) is 28.5. The number of fused-ring (bicyclic) bond motifs is 1. The van der Waals surface area contributed by atoms with Crippen molar-refractivity contribution in [3.63, 3.8) is 0 Å². The van der Waals surface area contributed by atoms with Gasteiger partial charge in [0.15, 0.2) is 5.82 Å². The molecule has 100 valence electrons. The molecule has 3 rings (SSSR count). The molecule has 2 heterocycles. The van der Waals surface area contributed by atoms with Crippen molar-refractivity contribution in [1.82, 2.24) is 15.0 Å². The van der Waals surface area contributed by atoms with Crippen LogP contribution in [-0.2, 0) is 13.0 Å². The first kappa shape index (κ1) is 12.2. The zero-order valence-electron chi connectivity index (χ0n) is 11.3. The van der Waals surface area contributed by atoms with Gasteiger partial charge in [-0.15, -0.1) is 0 Å². The van der Waals surface area contributed by atoms with Crippen molar-refractivity contribution in [2.24, 2.45) is 5.92 Å². The Morgan fingerprint density at radius 2 is 2.17 bits per heavy atom. The minimum absolute atomic E-state index is 0.778. The van der Waals surface area contributed by atoms with Gasteiger partial charge >= 0.3 is 0 Å². The Morgan fingerprint density at radius 1 is 1.28 bits per heavy atom. The number of hydrogen-bond donors (Lipinski definition) is 0. The molecule has 4 nitrogen and oxygen atoms in total. The molecule has 0 aromatic carbocycles. The van der Waals surface area contributed by atoms with Crippen LogP contribution in [0.15, 0.2) is 4.52 Å². The van der Waals surface area contributed by atoms with E-state index in [1.54, 1.807) is 0 Å². The summed E-state index contributed by atoms with van der Waals surface area (Å²) in [5.41, 5.74) is 0. The van der Waals surface area contributed by atoms with E-state index < -0.39 is 0 Å². The summed E-state index contributed by atoms with van der Waals surface area (Å²) in [7, 11) is 0. The molecule has 1 saturated heterocycles. The van der Waals surface area contributed by atoms with Crippen LogP contribution >= 0.6 is 0 Å². The highest BCUT2D eigenvalue weighted by Gasteiger charge is 2.35. The molecule has 1 aliphatic heterocycles. The largest absolute Gasteiger partial charge is 0.338 e. The minimum atomic E-state index is 0.778. The fourth-order valence-electron chi connectivity index (χ4n) is 3.61. The van der Waals surface area contributed by atoms with Gasteiger partial charge < -0.3 is 4.52 Å². The number of likely N-dealkylation sites (tertiary alicyclic amines) is 1. The fraction of sp³-hybridized carbons (Fsp3) is 0.857. The Labute approximate surface area is 109 Å². The van der Waals surface area contributed by atoms with Gasteiger partial charge in [0.1, 0.15) is 0 Å². The van der Waals surface area contributed by atoms with Crippen LogP contribution in [0, 0.1) is 5.92 Å². The van der Waals surface area contributed by atoms with Crippen molar-refractivity contribution in [2.75, 3.05) is 6.54 Å². The lowest BCUT2D eigenvalue weighted by molar-refractivity contribution is 0.0933. The highest BCUT2D eigenvalue weighted by Crippen LogP contribution is 2.37. The number of aromatic nitrogens is 2. The summed E-state index contributed by atoms with van der Waals surface area (Å²) >= 11 is 0. The van der Waals surface area contributed by atoms with Gasteiger partial charge in [-0.2, -0.15) is 4.98 Å². The molecule has 18 heavy (non-hydrogen) atoms. The molecule has 0 unspecified atom stereocenters. The van der Waals surface area contributed by atoms with Crippen molar-refractivity contribution in [3.05, 3.63) is 11.7 Å². The molecule has 1 saturated carbocycles. The second-order valence-corrected chi connectivity index (χ2v) is 5.73. The highest BCUT2D eigenvalue weighted by atomic mass is 16.5. The van der Waals surface area contributed by atoms with Crippen molar-refractivity contribution >= 4 is 0 Å². The van der Waals surface area contributed by atoms with E-state index in [0.29, 0.717) is 0 Å². The molecule has 0 N–H and O–H groups in total. The van der Waals surface area contributed by atoms with Crippen molar-refractivity contribution in [3.8, 4) is 0 Å². The molecular formula is C14H23N3O. The predicted octanol–water partition coefficient (Wildman–Crippen LogP) is 2.79. The molecular weight excluding hydrogens is 226 g/mol. The summed E-state index contributed by atoms with van der Waals surface area (Å²) < 4.78 is 5.37.